The van der Waals surface area contributed by atoms with Gasteiger partial charge in [-0.3, -0.25) is 24.6 Å². The molecule has 0 saturated heterocycles. The first kappa shape index (κ1) is 92.2. The summed E-state index contributed by atoms with van der Waals surface area (Å²) in [7, 11) is 3.90. The predicted octanol–water partition coefficient (Wildman–Crippen LogP) is 20.2. The molecule has 600 valence electrons. The van der Waals surface area contributed by atoms with Crippen LogP contribution in [0.5, 0.6) is 0 Å². The summed E-state index contributed by atoms with van der Waals surface area (Å²) in [5.74, 6) is 3.82. The number of aryl methyl sites for hydroxylation is 2. The minimum absolute atomic E-state index is 0.0199. The van der Waals surface area contributed by atoms with Crippen molar-refractivity contribution in [3.8, 4) is 0 Å². The number of aromatic nitrogens is 21. The van der Waals surface area contributed by atoms with Crippen LogP contribution in [-0.4, -0.2) is 103 Å². The highest BCUT2D eigenvalue weighted by atomic mass is 15.3. The third kappa shape index (κ3) is 31.0. The van der Waals surface area contributed by atoms with Gasteiger partial charge < -0.3 is 8.97 Å². The predicted molar refractivity (Wildman–Crippen MR) is 460 cm³/mol. The van der Waals surface area contributed by atoms with Gasteiger partial charge >= 0.3 is 0 Å². The molecule has 1 aliphatic carbocycles. The number of allylic oxidation sites excluding steroid dienone is 1. The van der Waals surface area contributed by atoms with Crippen LogP contribution in [0.1, 0.15) is 276 Å². The molecule has 0 N–H and O–H groups in total. The number of hydrogen-bond donors (Lipinski definition) is 0. The first-order chi connectivity index (χ1) is 51.7. The van der Waals surface area contributed by atoms with Gasteiger partial charge in [0.15, 0.2) is 22.9 Å². The van der Waals surface area contributed by atoms with Crippen LogP contribution in [-0.2, 0) is 74.7 Å². The summed E-state index contributed by atoms with van der Waals surface area (Å²) in [6, 6.07) is 32.1. The number of imidazole rings is 2. The monoisotopic (exact) mass is 1520 g/mol. The highest BCUT2D eigenvalue weighted by Crippen LogP contribution is 2.27. The smallest absolute Gasteiger partial charge is 0.157 e. The molecule has 13 aromatic heterocycles. The topological polar surface area (TPSA) is 229 Å². The van der Waals surface area contributed by atoms with Crippen molar-refractivity contribution in [2.75, 3.05) is 0 Å². The Balaban J connectivity index is 0.000000223. The van der Waals surface area contributed by atoms with E-state index in [1.165, 1.54) is 11.3 Å². The minimum Gasteiger partial charge on any atom is -0.338 e. The summed E-state index contributed by atoms with van der Waals surface area (Å²) < 4.78 is 9.41. The first-order valence-electron chi connectivity index (χ1n) is 38.5. The maximum absolute atomic E-state index is 4.64. The average Bonchev–Trinajstić information content (AvgIpc) is 1.67. The summed E-state index contributed by atoms with van der Waals surface area (Å²) >= 11 is 0. The molecule has 13 aromatic rings. The maximum Gasteiger partial charge on any atom is 0.157 e. The van der Waals surface area contributed by atoms with Gasteiger partial charge in [-0.05, 0) is 96.9 Å². The van der Waals surface area contributed by atoms with Crippen LogP contribution >= 0.6 is 0 Å². The van der Waals surface area contributed by atoms with Crippen LogP contribution < -0.4 is 0 Å². The summed E-state index contributed by atoms with van der Waals surface area (Å²) in [6.07, 6.45) is 32.8. The van der Waals surface area contributed by atoms with Gasteiger partial charge in [0.2, 0.25) is 0 Å². The molecular weight excluding hydrogens is 1390 g/mol. The lowest BCUT2D eigenvalue weighted by Gasteiger charge is -2.18. The molecule has 21 nitrogen and oxygen atoms in total. The van der Waals surface area contributed by atoms with E-state index in [4.69, 9.17) is 0 Å². The summed E-state index contributed by atoms with van der Waals surface area (Å²) in [5, 5.41) is 20.8. The van der Waals surface area contributed by atoms with Crippen LogP contribution in [0.15, 0.2) is 196 Å². The standard InChI is InChI=1S/C12H15N.C11H14N2.2C10H13N3.C9H13N.C8H14N2.3C8H12N2.C7H13N3/c1-12(2,3)11-8-7-9-5-4-6-10(9)13-11;1-11(2,3)9-6-8-13-7-4-5-10(13)12-9;1-10(2,3)8-4-5-9-11-6-7-13(9)12-8;1-10(2,3)9-11-8-6-4-5-7-13(8)12-9;1-9(2,3)8-6-4-5-7-10-8;1-8(2,3)7-9-5-6-10(7)4;1-8(2,3)7-6-9-4-5-10-7;1-8(2,3)7-9-5-4-6-10-7;1-8(2,3)7-5-4-6-9-10-7;1-7(2,3)6-8-5-10(4)9-6/h4,6-8H,5H2,1-3H3;4-8H,1-3H3;2*4-7H,1-3H3;4-7H,1-3H3;5-6H,1-4H3;3*4-6H,1-3H3;5H,1-4H3. The van der Waals surface area contributed by atoms with E-state index < -0.39 is 0 Å². The largest absolute Gasteiger partial charge is 0.338 e. The van der Waals surface area contributed by atoms with Crippen molar-refractivity contribution in [3.05, 3.63) is 265 Å². The highest BCUT2D eigenvalue weighted by Gasteiger charge is 2.24. The van der Waals surface area contributed by atoms with Crippen molar-refractivity contribution < 1.29 is 0 Å². The first-order valence-corrected chi connectivity index (χ1v) is 38.5. The van der Waals surface area contributed by atoms with Crippen molar-refractivity contribution in [2.24, 2.45) is 14.1 Å². The van der Waals surface area contributed by atoms with Crippen LogP contribution in [0.4, 0.5) is 0 Å². The van der Waals surface area contributed by atoms with Gasteiger partial charge in [-0.2, -0.15) is 25.5 Å². The van der Waals surface area contributed by atoms with Gasteiger partial charge in [-0.15, -0.1) is 0 Å². The lowest BCUT2D eigenvalue weighted by atomic mass is 9.91. The molecule has 0 atom stereocenters. The molecule has 0 aliphatic heterocycles. The normalized spacial score (nSPS) is 12.2. The van der Waals surface area contributed by atoms with Gasteiger partial charge in [0, 0.05) is 172 Å². The Morgan fingerprint density at radius 2 is 0.866 bits per heavy atom. The van der Waals surface area contributed by atoms with Crippen LogP contribution in [0.2, 0.25) is 0 Å². The Bertz CT molecular complexity index is 4570. The minimum atomic E-state index is 0.0199. The molecule has 0 bridgehead atoms. The fourth-order valence-electron chi connectivity index (χ4n) is 9.89. The number of nitrogens with zero attached hydrogens (tertiary/aromatic N) is 21. The Morgan fingerprint density at radius 1 is 0.312 bits per heavy atom. The average molecular weight is 1520 g/mol. The molecule has 112 heavy (non-hydrogen) atoms. The Morgan fingerprint density at radius 3 is 1.32 bits per heavy atom. The van der Waals surface area contributed by atoms with E-state index in [9.17, 15) is 0 Å². The van der Waals surface area contributed by atoms with Crippen LogP contribution in [0.3, 0.4) is 0 Å². The van der Waals surface area contributed by atoms with E-state index in [0.29, 0.717) is 0 Å². The number of pyridine rings is 3. The molecule has 0 saturated carbocycles. The Labute approximate surface area is 669 Å². The molecule has 0 aromatic carbocycles. The van der Waals surface area contributed by atoms with E-state index in [1.54, 1.807) is 63.4 Å². The molecule has 0 amide bonds. The van der Waals surface area contributed by atoms with Gasteiger partial charge in [0.05, 0.1) is 22.8 Å². The fraction of sp³-hybridized carbons (Fsp3) is 0.473. The summed E-state index contributed by atoms with van der Waals surface area (Å²) in [6.45, 7) is 64.2. The molecule has 14 rings (SSSR count). The summed E-state index contributed by atoms with van der Waals surface area (Å²) in [4.78, 5) is 46.9. The molecular formula is C91H131N21. The number of hydrogen-bond acceptors (Lipinski definition) is 16. The van der Waals surface area contributed by atoms with E-state index >= 15 is 0 Å². The molecule has 21 heteroatoms. The molecule has 0 unspecified atom stereocenters. The van der Waals surface area contributed by atoms with Gasteiger partial charge in [-0.1, -0.05) is 232 Å². The van der Waals surface area contributed by atoms with Crippen molar-refractivity contribution in [2.45, 2.75) is 268 Å². The van der Waals surface area contributed by atoms with E-state index in [2.05, 4.69) is 335 Å². The third-order valence-corrected chi connectivity index (χ3v) is 16.6. The lowest BCUT2D eigenvalue weighted by molar-refractivity contribution is 0.522. The van der Waals surface area contributed by atoms with E-state index in [1.807, 2.05) is 128 Å². The second-order valence-corrected chi connectivity index (χ2v) is 37.9. The number of rotatable bonds is 0. The van der Waals surface area contributed by atoms with E-state index in [-0.39, 0.29) is 54.1 Å². The second kappa shape index (κ2) is 39.2. The van der Waals surface area contributed by atoms with Crippen molar-refractivity contribution in [3.63, 3.8) is 0 Å². The lowest BCUT2D eigenvalue weighted by Crippen LogP contribution is -2.16. The zero-order chi connectivity index (χ0) is 83.9. The molecule has 0 radical (unpaired) electrons. The maximum atomic E-state index is 4.64. The quantitative estimate of drug-likeness (QED) is 0.137. The van der Waals surface area contributed by atoms with Crippen LogP contribution in [0, 0.1) is 0 Å². The zero-order valence-corrected chi connectivity index (χ0v) is 73.7. The van der Waals surface area contributed by atoms with Gasteiger partial charge in [0.25, 0.3) is 0 Å². The van der Waals surface area contributed by atoms with Gasteiger partial charge in [0.1, 0.15) is 23.6 Å². The second-order valence-electron chi connectivity index (χ2n) is 37.9. The van der Waals surface area contributed by atoms with Crippen molar-refractivity contribution in [1.29, 1.82) is 0 Å². The fourth-order valence-corrected chi connectivity index (χ4v) is 9.89. The SMILES string of the molecule is CC(C)(C)c1ccc2c(n1)C=CC2.CC(C)(C)c1ccc2nccn2n1.CC(C)(C)c1ccccn1.CC(C)(C)c1cccnn1.CC(C)(C)c1ccn2cccc2n1.CC(C)(C)c1cnccn1.CC(C)(C)c1nc2ccccn2n1.CC(C)(C)c1ncccn1.Cn1ccnc1C(C)(C)C.Cn1cnc(C(C)(C)C)n1. The summed E-state index contributed by atoms with van der Waals surface area (Å²) in [5.41, 5.74) is 13.1. The van der Waals surface area contributed by atoms with Crippen molar-refractivity contribution >= 4 is 23.0 Å². The molecule has 13 heterocycles. The molecule has 1 aliphatic rings. The van der Waals surface area contributed by atoms with E-state index in [0.717, 1.165) is 80.8 Å². The zero-order valence-electron chi connectivity index (χ0n) is 73.7. The van der Waals surface area contributed by atoms with Crippen LogP contribution in [0.25, 0.3) is 23.0 Å². The number of fused-ring (bicyclic) bond motifs is 4. The third-order valence-electron chi connectivity index (χ3n) is 16.6. The molecule has 0 fully saturated rings. The Kier molecular flexibility index (Phi) is 32.2. The molecule has 0 spiro atoms. The van der Waals surface area contributed by atoms with Gasteiger partial charge in [-0.25, -0.2) is 43.9 Å². The highest BCUT2D eigenvalue weighted by molar-refractivity contribution is 5.56. The Hall–Kier alpha value is -10.4. The van der Waals surface area contributed by atoms with Crippen molar-refractivity contribution in [1.82, 2.24) is 103 Å².